The van der Waals surface area contributed by atoms with Crippen LogP contribution in [-0.2, 0) is 16.0 Å². The molecule has 1 fully saturated rings. The second-order valence-electron chi connectivity index (χ2n) is 7.29. The number of amides is 2. The van der Waals surface area contributed by atoms with Crippen LogP contribution in [0.3, 0.4) is 0 Å². The number of hydrogen-bond donors (Lipinski definition) is 2. The van der Waals surface area contributed by atoms with E-state index in [0.717, 1.165) is 24.1 Å². The van der Waals surface area contributed by atoms with Gasteiger partial charge < -0.3 is 15.3 Å². The normalized spacial score (nSPS) is 25.4. The molecule has 0 atom stereocenters. The van der Waals surface area contributed by atoms with Gasteiger partial charge in [0.15, 0.2) is 0 Å². The van der Waals surface area contributed by atoms with Gasteiger partial charge in [0.1, 0.15) is 5.54 Å². The Hall–Kier alpha value is -2.37. The van der Waals surface area contributed by atoms with Gasteiger partial charge in [-0.1, -0.05) is 6.92 Å². The van der Waals surface area contributed by atoms with Gasteiger partial charge in [0.25, 0.3) is 5.91 Å². The molecule has 134 valence electrons. The summed E-state index contributed by atoms with van der Waals surface area (Å²) in [4.78, 5) is 37.8. The van der Waals surface area contributed by atoms with E-state index in [1.807, 2.05) is 0 Å². The Balaban J connectivity index is 1.79. The van der Waals surface area contributed by atoms with Crippen molar-refractivity contribution < 1.29 is 19.5 Å². The van der Waals surface area contributed by atoms with Crippen molar-refractivity contribution in [2.45, 2.75) is 51.5 Å². The quantitative estimate of drug-likeness (QED) is 0.881. The van der Waals surface area contributed by atoms with E-state index in [1.165, 1.54) is 6.92 Å². The van der Waals surface area contributed by atoms with Crippen LogP contribution in [0, 0.1) is 5.92 Å². The minimum atomic E-state index is -1.17. The van der Waals surface area contributed by atoms with Crippen molar-refractivity contribution in [3.05, 3.63) is 29.3 Å². The number of carbonyl (C=O) groups excluding carboxylic acids is 2. The Morgan fingerprint density at radius 1 is 1.24 bits per heavy atom. The molecule has 25 heavy (non-hydrogen) atoms. The highest BCUT2D eigenvalue weighted by molar-refractivity contribution is 6.00. The minimum absolute atomic E-state index is 0.0166. The van der Waals surface area contributed by atoms with Crippen LogP contribution in [0.1, 0.15) is 55.5 Å². The summed E-state index contributed by atoms with van der Waals surface area (Å²) in [6.07, 6.45) is 3.21. The molecule has 2 aliphatic rings. The average Bonchev–Trinajstić information content (AvgIpc) is 3.00. The molecule has 0 unspecified atom stereocenters. The minimum Gasteiger partial charge on any atom is -0.480 e. The Morgan fingerprint density at radius 2 is 1.92 bits per heavy atom. The second-order valence-corrected chi connectivity index (χ2v) is 7.29. The molecule has 0 saturated heterocycles. The largest absolute Gasteiger partial charge is 0.480 e. The molecule has 1 aliphatic heterocycles. The maximum absolute atomic E-state index is 12.7. The fourth-order valence-corrected chi connectivity index (χ4v) is 3.81. The van der Waals surface area contributed by atoms with Gasteiger partial charge in [-0.3, -0.25) is 9.59 Å². The predicted molar refractivity (Wildman–Crippen MR) is 93.6 cm³/mol. The lowest BCUT2D eigenvalue weighted by atomic mass is 9.77. The molecule has 0 spiro atoms. The predicted octanol–water partition coefficient (Wildman–Crippen LogP) is 2.36. The zero-order valence-electron chi connectivity index (χ0n) is 14.7. The number of carbonyl (C=O) groups is 3. The van der Waals surface area contributed by atoms with E-state index in [0.29, 0.717) is 37.3 Å². The first-order valence-electron chi connectivity index (χ1n) is 8.79. The Labute approximate surface area is 147 Å². The van der Waals surface area contributed by atoms with Gasteiger partial charge in [-0.25, -0.2) is 4.79 Å². The summed E-state index contributed by atoms with van der Waals surface area (Å²) in [5, 5.41) is 12.4. The van der Waals surface area contributed by atoms with Crippen LogP contribution in [0.4, 0.5) is 5.69 Å². The first-order chi connectivity index (χ1) is 11.8. The van der Waals surface area contributed by atoms with Gasteiger partial charge in [-0.2, -0.15) is 0 Å². The maximum Gasteiger partial charge on any atom is 0.329 e. The van der Waals surface area contributed by atoms with Crippen molar-refractivity contribution in [1.82, 2.24) is 5.32 Å². The molecule has 1 heterocycles. The number of carboxylic acid groups (broad SMARTS) is 1. The lowest BCUT2D eigenvalue weighted by Crippen LogP contribution is -2.56. The molecular formula is C19H24N2O4. The summed E-state index contributed by atoms with van der Waals surface area (Å²) >= 11 is 0. The van der Waals surface area contributed by atoms with Crippen LogP contribution in [0.25, 0.3) is 0 Å². The standard InChI is InChI=1S/C19H24N2O4/c1-12-5-8-19(9-6-12,18(24)25)20-17(23)15-3-4-16-14(11-15)7-10-21(16)13(2)22/h3-4,11-12H,5-10H2,1-2H3,(H,20,23)(H,24,25). The summed E-state index contributed by atoms with van der Waals surface area (Å²) in [7, 11) is 0. The van der Waals surface area contributed by atoms with Crippen molar-refractivity contribution in [2.24, 2.45) is 5.92 Å². The Morgan fingerprint density at radius 3 is 2.52 bits per heavy atom. The molecule has 6 heteroatoms. The third-order valence-electron chi connectivity index (χ3n) is 5.51. The first-order valence-corrected chi connectivity index (χ1v) is 8.79. The monoisotopic (exact) mass is 344 g/mol. The van der Waals surface area contributed by atoms with Crippen LogP contribution in [0.5, 0.6) is 0 Å². The highest BCUT2D eigenvalue weighted by Crippen LogP contribution is 2.33. The van der Waals surface area contributed by atoms with Crippen LogP contribution >= 0.6 is 0 Å². The third kappa shape index (κ3) is 3.25. The molecule has 2 N–H and O–H groups in total. The molecule has 1 saturated carbocycles. The Bertz CT molecular complexity index is 720. The highest BCUT2D eigenvalue weighted by Gasteiger charge is 2.42. The number of nitrogens with zero attached hydrogens (tertiary/aromatic N) is 1. The van der Waals surface area contributed by atoms with Crippen molar-refractivity contribution >= 4 is 23.5 Å². The van der Waals surface area contributed by atoms with Crippen LogP contribution in [-0.4, -0.2) is 35.0 Å². The van der Waals surface area contributed by atoms with E-state index < -0.39 is 11.5 Å². The SMILES string of the molecule is CC(=O)N1CCc2cc(C(=O)NC3(C(=O)O)CCC(C)CC3)ccc21. The van der Waals surface area contributed by atoms with Gasteiger partial charge in [-0.15, -0.1) is 0 Å². The van der Waals surface area contributed by atoms with E-state index in [1.54, 1.807) is 23.1 Å². The molecule has 0 radical (unpaired) electrons. The molecule has 3 rings (SSSR count). The van der Waals surface area contributed by atoms with Crippen LogP contribution < -0.4 is 10.2 Å². The average molecular weight is 344 g/mol. The fourth-order valence-electron chi connectivity index (χ4n) is 3.81. The molecule has 0 aromatic heterocycles. The van der Waals surface area contributed by atoms with Crippen molar-refractivity contribution in [1.29, 1.82) is 0 Å². The number of anilines is 1. The summed E-state index contributed by atoms with van der Waals surface area (Å²) in [6.45, 7) is 4.25. The topological polar surface area (TPSA) is 86.7 Å². The highest BCUT2D eigenvalue weighted by atomic mass is 16.4. The van der Waals surface area contributed by atoms with Crippen molar-refractivity contribution in [3.63, 3.8) is 0 Å². The third-order valence-corrected chi connectivity index (χ3v) is 5.51. The van der Waals surface area contributed by atoms with Gasteiger partial charge in [0, 0.05) is 24.7 Å². The Kier molecular flexibility index (Phi) is 4.54. The lowest BCUT2D eigenvalue weighted by Gasteiger charge is -2.36. The van der Waals surface area contributed by atoms with Gasteiger partial charge in [0.05, 0.1) is 0 Å². The second kappa shape index (κ2) is 6.50. The number of nitrogens with one attached hydrogen (secondary N) is 1. The molecule has 6 nitrogen and oxygen atoms in total. The summed E-state index contributed by atoms with van der Waals surface area (Å²) in [5.41, 5.74) is 1.06. The number of hydrogen-bond acceptors (Lipinski definition) is 3. The number of rotatable bonds is 3. The lowest BCUT2D eigenvalue weighted by molar-refractivity contribution is -0.146. The zero-order valence-corrected chi connectivity index (χ0v) is 14.7. The smallest absolute Gasteiger partial charge is 0.329 e. The number of aliphatic carboxylic acids is 1. The van der Waals surface area contributed by atoms with Crippen molar-refractivity contribution in [2.75, 3.05) is 11.4 Å². The van der Waals surface area contributed by atoms with Gasteiger partial charge >= 0.3 is 5.97 Å². The van der Waals surface area contributed by atoms with E-state index in [9.17, 15) is 19.5 Å². The van der Waals surface area contributed by atoms with Gasteiger partial charge in [-0.05, 0) is 61.8 Å². The molecule has 0 bridgehead atoms. The zero-order chi connectivity index (χ0) is 18.2. The molecule has 1 aromatic carbocycles. The number of benzene rings is 1. The van der Waals surface area contributed by atoms with Crippen LogP contribution in [0.2, 0.25) is 0 Å². The molecular weight excluding hydrogens is 320 g/mol. The molecule has 1 aliphatic carbocycles. The summed E-state index contributed by atoms with van der Waals surface area (Å²) < 4.78 is 0. The molecule has 2 amide bonds. The number of carboxylic acids is 1. The van der Waals surface area contributed by atoms with Gasteiger partial charge in [0.2, 0.25) is 5.91 Å². The fraction of sp³-hybridized carbons (Fsp3) is 0.526. The first kappa shape index (κ1) is 17.5. The van der Waals surface area contributed by atoms with Crippen LogP contribution in [0.15, 0.2) is 18.2 Å². The molecule has 1 aromatic rings. The van der Waals surface area contributed by atoms with E-state index in [4.69, 9.17) is 0 Å². The number of fused-ring (bicyclic) bond motifs is 1. The maximum atomic E-state index is 12.7. The van der Waals surface area contributed by atoms with E-state index >= 15 is 0 Å². The van der Waals surface area contributed by atoms with E-state index in [2.05, 4.69) is 12.2 Å². The van der Waals surface area contributed by atoms with Crippen molar-refractivity contribution in [3.8, 4) is 0 Å². The summed E-state index contributed by atoms with van der Waals surface area (Å²) in [6, 6.07) is 5.21. The summed E-state index contributed by atoms with van der Waals surface area (Å²) in [5.74, 6) is -0.850. The van der Waals surface area contributed by atoms with E-state index in [-0.39, 0.29) is 11.8 Å².